The van der Waals surface area contributed by atoms with Gasteiger partial charge in [0, 0.05) is 6.42 Å². The molecule has 2 amide bonds. The minimum absolute atomic E-state index is 0.0361. The molecule has 0 saturated heterocycles. The van der Waals surface area contributed by atoms with Crippen LogP contribution in [0.3, 0.4) is 0 Å². The van der Waals surface area contributed by atoms with Crippen LogP contribution in [0.1, 0.15) is 19.3 Å². The van der Waals surface area contributed by atoms with Crippen LogP contribution in [0.15, 0.2) is 0 Å². The largest absolute Gasteiger partial charge is 0.480 e. The van der Waals surface area contributed by atoms with E-state index in [0.29, 0.717) is 12.2 Å². The summed E-state index contributed by atoms with van der Waals surface area (Å²) >= 11 is 1.55. The van der Waals surface area contributed by atoms with Gasteiger partial charge in [0.25, 0.3) is 0 Å². The molecular formula is C10H19N3O4S. The maximum Gasteiger partial charge on any atom is 0.326 e. The molecule has 18 heavy (non-hydrogen) atoms. The fourth-order valence-corrected chi connectivity index (χ4v) is 1.69. The average Bonchev–Trinajstić information content (AvgIpc) is 2.30. The van der Waals surface area contributed by atoms with E-state index in [2.05, 4.69) is 5.32 Å². The first-order valence-corrected chi connectivity index (χ1v) is 6.83. The highest BCUT2D eigenvalue weighted by Crippen LogP contribution is 2.01. The molecule has 0 aromatic rings. The molecule has 0 aliphatic rings. The third-order valence-electron chi connectivity index (χ3n) is 2.26. The first kappa shape index (κ1) is 16.7. The Morgan fingerprint density at radius 1 is 1.33 bits per heavy atom. The van der Waals surface area contributed by atoms with E-state index in [9.17, 15) is 14.4 Å². The van der Waals surface area contributed by atoms with E-state index in [4.69, 9.17) is 16.6 Å². The fraction of sp³-hybridized carbons (Fsp3) is 0.700. The zero-order chi connectivity index (χ0) is 14.1. The molecule has 6 N–H and O–H groups in total. The van der Waals surface area contributed by atoms with Crippen molar-refractivity contribution in [1.82, 2.24) is 5.32 Å². The molecule has 104 valence electrons. The summed E-state index contributed by atoms with van der Waals surface area (Å²) in [7, 11) is 0. The molecule has 8 heteroatoms. The summed E-state index contributed by atoms with van der Waals surface area (Å²) in [4.78, 5) is 33.0. The summed E-state index contributed by atoms with van der Waals surface area (Å²) < 4.78 is 0. The lowest BCUT2D eigenvalue weighted by atomic mass is 10.1. The zero-order valence-corrected chi connectivity index (χ0v) is 11.0. The highest BCUT2D eigenvalue weighted by molar-refractivity contribution is 7.98. The van der Waals surface area contributed by atoms with Crippen molar-refractivity contribution in [2.24, 2.45) is 11.5 Å². The van der Waals surface area contributed by atoms with Gasteiger partial charge >= 0.3 is 5.97 Å². The van der Waals surface area contributed by atoms with E-state index >= 15 is 0 Å². The molecular weight excluding hydrogens is 258 g/mol. The molecule has 0 fully saturated rings. The predicted molar refractivity (Wildman–Crippen MR) is 69.0 cm³/mol. The highest BCUT2D eigenvalue weighted by Gasteiger charge is 2.23. The number of nitrogens with one attached hydrogen (secondary N) is 1. The van der Waals surface area contributed by atoms with Crippen molar-refractivity contribution in [2.75, 3.05) is 12.0 Å². The summed E-state index contributed by atoms with van der Waals surface area (Å²) in [6.45, 7) is 0. The van der Waals surface area contributed by atoms with Gasteiger partial charge in [-0.05, 0) is 24.9 Å². The molecule has 0 unspecified atom stereocenters. The monoisotopic (exact) mass is 277 g/mol. The van der Waals surface area contributed by atoms with Crippen LogP contribution < -0.4 is 16.8 Å². The molecule has 7 nitrogen and oxygen atoms in total. The van der Waals surface area contributed by atoms with Gasteiger partial charge in [0.05, 0.1) is 6.04 Å². The van der Waals surface area contributed by atoms with Crippen molar-refractivity contribution in [3.63, 3.8) is 0 Å². The smallest absolute Gasteiger partial charge is 0.326 e. The normalized spacial score (nSPS) is 13.7. The zero-order valence-electron chi connectivity index (χ0n) is 10.2. The van der Waals surface area contributed by atoms with Crippen LogP contribution in [-0.4, -0.2) is 47.0 Å². The van der Waals surface area contributed by atoms with E-state index < -0.39 is 29.9 Å². The molecule has 0 rings (SSSR count). The van der Waals surface area contributed by atoms with Crippen molar-refractivity contribution in [3.05, 3.63) is 0 Å². The summed E-state index contributed by atoms with van der Waals surface area (Å²) in [5, 5.41) is 11.2. The minimum atomic E-state index is -1.21. The predicted octanol–water partition coefficient (Wildman–Crippen LogP) is -1.10. The van der Waals surface area contributed by atoms with Crippen molar-refractivity contribution in [1.29, 1.82) is 0 Å². The van der Waals surface area contributed by atoms with Gasteiger partial charge < -0.3 is 21.9 Å². The second-order valence-corrected chi connectivity index (χ2v) is 4.78. The van der Waals surface area contributed by atoms with Crippen LogP contribution in [0, 0.1) is 0 Å². The lowest BCUT2D eigenvalue weighted by Gasteiger charge is -2.17. The second kappa shape index (κ2) is 8.76. The Bertz CT molecular complexity index is 311. The van der Waals surface area contributed by atoms with Crippen LogP contribution in [0.5, 0.6) is 0 Å². The second-order valence-electron chi connectivity index (χ2n) is 3.79. The Balaban J connectivity index is 4.26. The number of carbonyl (C=O) groups is 3. The summed E-state index contributed by atoms with van der Waals surface area (Å²) in [6.07, 6.45) is 2.22. The van der Waals surface area contributed by atoms with Crippen LogP contribution in [-0.2, 0) is 14.4 Å². The average molecular weight is 277 g/mol. The number of primary amides is 1. The number of thioether (sulfide) groups is 1. The van der Waals surface area contributed by atoms with Gasteiger partial charge in [-0.1, -0.05) is 0 Å². The number of hydrogen-bond acceptors (Lipinski definition) is 5. The Kier molecular flexibility index (Phi) is 8.14. The number of hydrogen-bond donors (Lipinski definition) is 4. The van der Waals surface area contributed by atoms with E-state index in [-0.39, 0.29) is 12.8 Å². The van der Waals surface area contributed by atoms with Gasteiger partial charge in [-0.15, -0.1) is 0 Å². The lowest BCUT2D eigenvalue weighted by Crippen LogP contribution is -2.48. The standard InChI is InChI=1S/C10H19N3O4S/c1-18-5-4-6(11)9(15)13-7(10(16)17)2-3-8(12)14/h6-7H,2-5,11H2,1H3,(H2,12,14)(H,13,15)(H,16,17)/t6-,7-/m0/s1. The lowest BCUT2D eigenvalue weighted by molar-refractivity contribution is -0.142. The number of carboxylic acid groups (broad SMARTS) is 1. The van der Waals surface area contributed by atoms with Crippen molar-refractivity contribution < 1.29 is 19.5 Å². The van der Waals surface area contributed by atoms with Gasteiger partial charge in [-0.2, -0.15) is 11.8 Å². The Morgan fingerprint density at radius 2 is 1.94 bits per heavy atom. The van der Waals surface area contributed by atoms with Crippen molar-refractivity contribution >= 4 is 29.5 Å². The van der Waals surface area contributed by atoms with E-state index in [1.165, 1.54) is 0 Å². The van der Waals surface area contributed by atoms with Gasteiger partial charge in [0.1, 0.15) is 6.04 Å². The molecule has 0 aliphatic heterocycles. The molecule has 0 aliphatic carbocycles. The van der Waals surface area contributed by atoms with Gasteiger partial charge in [0.15, 0.2) is 0 Å². The number of carbonyl (C=O) groups excluding carboxylic acids is 2. The topological polar surface area (TPSA) is 136 Å². The molecule has 0 aromatic heterocycles. The highest BCUT2D eigenvalue weighted by atomic mass is 32.2. The third kappa shape index (κ3) is 7.13. The summed E-state index contributed by atoms with van der Waals surface area (Å²) in [6, 6.07) is -1.88. The Morgan fingerprint density at radius 3 is 2.39 bits per heavy atom. The number of carboxylic acids is 1. The minimum Gasteiger partial charge on any atom is -0.480 e. The van der Waals surface area contributed by atoms with Crippen molar-refractivity contribution in [2.45, 2.75) is 31.3 Å². The molecule has 0 spiro atoms. The quantitative estimate of drug-likeness (QED) is 0.422. The van der Waals surface area contributed by atoms with Crippen LogP contribution in [0.2, 0.25) is 0 Å². The van der Waals surface area contributed by atoms with Gasteiger partial charge in [-0.3, -0.25) is 9.59 Å². The fourth-order valence-electron chi connectivity index (χ4n) is 1.20. The van der Waals surface area contributed by atoms with E-state index in [0.717, 1.165) is 0 Å². The maximum absolute atomic E-state index is 11.6. The van der Waals surface area contributed by atoms with E-state index in [1.807, 2.05) is 6.26 Å². The van der Waals surface area contributed by atoms with Crippen LogP contribution >= 0.6 is 11.8 Å². The van der Waals surface area contributed by atoms with E-state index in [1.54, 1.807) is 11.8 Å². The van der Waals surface area contributed by atoms with Gasteiger partial charge in [-0.25, -0.2) is 4.79 Å². The summed E-state index contributed by atoms with van der Waals surface area (Å²) in [5.74, 6) is -1.63. The maximum atomic E-state index is 11.6. The van der Waals surface area contributed by atoms with Crippen LogP contribution in [0.25, 0.3) is 0 Å². The number of rotatable bonds is 9. The SMILES string of the molecule is CSCC[C@H](N)C(=O)N[C@@H](CCC(N)=O)C(=O)O. The molecule has 0 bridgehead atoms. The first-order valence-electron chi connectivity index (χ1n) is 5.44. The number of aliphatic carboxylic acids is 1. The molecule has 2 atom stereocenters. The molecule has 0 radical (unpaired) electrons. The van der Waals surface area contributed by atoms with Crippen LogP contribution in [0.4, 0.5) is 0 Å². The molecule has 0 aromatic carbocycles. The molecule has 0 saturated carbocycles. The molecule has 0 heterocycles. The third-order valence-corrected chi connectivity index (χ3v) is 2.91. The van der Waals surface area contributed by atoms with Crippen molar-refractivity contribution in [3.8, 4) is 0 Å². The summed E-state index contributed by atoms with van der Waals surface area (Å²) in [5.41, 5.74) is 10.5. The Hall–Kier alpha value is -1.28. The Labute approximate surface area is 110 Å². The first-order chi connectivity index (χ1) is 8.38. The van der Waals surface area contributed by atoms with Gasteiger partial charge in [0.2, 0.25) is 11.8 Å². The number of amides is 2. The number of nitrogens with two attached hydrogens (primary N) is 2.